The number of furan rings is 1. The summed E-state index contributed by atoms with van der Waals surface area (Å²) in [6.07, 6.45) is 0. The van der Waals surface area contributed by atoms with Crippen LogP contribution in [0.15, 0.2) is 59.0 Å². The summed E-state index contributed by atoms with van der Waals surface area (Å²) in [5.41, 5.74) is 33.5. The lowest BCUT2D eigenvalue weighted by Gasteiger charge is -2.32. The van der Waals surface area contributed by atoms with Crippen LogP contribution in [0.3, 0.4) is 0 Å². The summed E-state index contributed by atoms with van der Waals surface area (Å²) >= 11 is 0. The SMILES string of the molecule is Bc1c(B)c(B)c(-c2c(B)c(B)c(B)c(B)c2-c2c3c(B)c(B)c(B)c(B)c3c(-c3ccc4oc5c6ccccc6ccc5c4c3)c3c(B)c(B)c(B)c(B)c23)c(B)c1B. The predicted octanol–water partition coefficient (Wildman–Crippen LogP) is -17.6. The van der Waals surface area contributed by atoms with E-state index in [9.17, 15) is 0 Å². The Kier molecular flexibility index (Phi) is 9.70. The molecule has 1 nitrogen and oxygen atoms in total. The van der Waals surface area contributed by atoms with Crippen molar-refractivity contribution in [3.8, 4) is 33.4 Å². The van der Waals surface area contributed by atoms with E-state index in [1.54, 1.807) is 0 Å². The Bertz CT molecular complexity index is 3350. The van der Waals surface area contributed by atoms with E-state index in [1.807, 2.05) is 0 Å². The maximum atomic E-state index is 6.71. The van der Waals surface area contributed by atoms with Gasteiger partial charge in [0.25, 0.3) is 0 Å². The maximum absolute atomic E-state index is 6.71. The fourth-order valence-corrected chi connectivity index (χ4v) is 11.1. The summed E-state index contributed by atoms with van der Waals surface area (Å²) in [5.74, 6) is 0. The molecule has 0 saturated carbocycles. The molecule has 0 amide bonds. The Morgan fingerprint density at radius 3 is 1.18 bits per heavy atom. The molecule has 8 aromatic carbocycles. The van der Waals surface area contributed by atoms with Crippen LogP contribution in [0, 0.1) is 0 Å². The standard InChI is InChI=1S/C42H43B17O/c43-25-18-16(11-6-8-15-14(9-11)13-7-5-10-3-1-2-4-12(10)42(13)60-15)19-21(28(46)36(54)34(52)26(19)44)17(20(18)27(45)35(53)33(25)51)22-23(30(48)38(56)37(55)29(22)47)24-31(49)39(57)41(59)40(58)32(24)50/h1-9H,43-59H2. The van der Waals surface area contributed by atoms with Gasteiger partial charge in [-0.05, 0) is 78.5 Å². The first-order valence-electron chi connectivity index (χ1n) is 21.9. The zero-order valence-corrected chi connectivity index (χ0v) is 39.1. The number of hydrogen-bond donors (Lipinski definition) is 0. The second kappa shape index (κ2) is 14.3. The number of hydrogen-bond acceptors (Lipinski definition) is 1. The van der Waals surface area contributed by atoms with Gasteiger partial charge in [0.15, 0.2) is 0 Å². The van der Waals surface area contributed by atoms with Crippen LogP contribution in [0.5, 0.6) is 0 Å². The Hall–Kier alpha value is -4.56. The smallest absolute Gasteiger partial charge is 0.143 e. The molecule has 9 aromatic rings. The van der Waals surface area contributed by atoms with E-state index in [-0.39, 0.29) is 0 Å². The van der Waals surface area contributed by atoms with Crippen LogP contribution >= 0.6 is 0 Å². The van der Waals surface area contributed by atoms with Gasteiger partial charge in [-0.15, -0.1) is 49.2 Å². The van der Waals surface area contributed by atoms with Crippen molar-refractivity contribution in [1.82, 2.24) is 0 Å². The summed E-state index contributed by atoms with van der Waals surface area (Å²) in [6, 6.07) is 20.0. The Morgan fingerprint density at radius 1 is 0.283 bits per heavy atom. The van der Waals surface area contributed by atoms with E-state index in [1.165, 1.54) is 153 Å². The lowest BCUT2D eigenvalue weighted by molar-refractivity contribution is 0.672. The minimum Gasteiger partial charge on any atom is -0.455 e. The molecule has 9 rings (SSSR count). The molecular formula is C42H43B17O. The summed E-state index contributed by atoms with van der Waals surface area (Å²) in [7, 11) is 40.1. The fourth-order valence-electron chi connectivity index (χ4n) is 11.1. The zero-order valence-electron chi connectivity index (χ0n) is 39.1. The van der Waals surface area contributed by atoms with Crippen molar-refractivity contribution in [2.45, 2.75) is 0 Å². The Balaban J connectivity index is 1.57. The first kappa shape index (κ1) is 40.8. The van der Waals surface area contributed by atoms with E-state index in [2.05, 4.69) is 188 Å². The molecule has 0 aliphatic rings. The van der Waals surface area contributed by atoms with Crippen molar-refractivity contribution in [3.63, 3.8) is 0 Å². The van der Waals surface area contributed by atoms with Crippen LogP contribution in [-0.2, 0) is 0 Å². The number of benzene rings is 8. The van der Waals surface area contributed by atoms with Gasteiger partial charge >= 0.3 is 0 Å². The average molecular weight is 748 g/mol. The van der Waals surface area contributed by atoms with Crippen LogP contribution in [-0.4, -0.2) is 133 Å². The molecule has 0 aliphatic carbocycles. The van der Waals surface area contributed by atoms with E-state index >= 15 is 0 Å². The lowest BCUT2D eigenvalue weighted by Crippen LogP contribution is -2.57. The Morgan fingerprint density at radius 2 is 0.683 bits per heavy atom. The molecule has 60 heavy (non-hydrogen) atoms. The van der Waals surface area contributed by atoms with Crippen molar-refractivity contribution in [1.29, 1.82) is 0 Å². The highest BCUT2D eigenvalue weighted by atomic mass is 16.3. The van der Waals surface area contributed by atoms with E-state index in [4.69, 9.17) is 4.42 Å². The third kappa shape index (κ3) is 5.44. The summed E-state index contributed by atoms with van der Waals surface area (Å²) in [5, 5.41) is 10.2. The molecule has 18 heteroatoms. The monoisotopic (exact) mass is 750 g/mol. The van der Waals surface area contributed by atoms with E-state index in [0.717, 1.165) is 27.3 Å². The van der Waals surface area contributed by atoms with E-state index in [0.29, 0.717) is 0 Å². The van der Waals surface area contributed by atoms with Crippen LogP contribution < -0.4 is 92.9 Å². The first-order valence-corrected chi connectivity index (χ1v) is 21.9. The van der Waals surface area contributed by atoms with Crippen LogP contribution in [0.4, 0.5) is 0 Å². The van der Waals surface area contributed by atoms with E-state index < -0.39 is 0 Å². The summed E-state index contributed by atoms with van der Waals surface area (Å²) in [4.78, 5) is 0. The fraction of sp³-hybridized carbons (Fsp3) is 0. The highest BCUT2D eigenvalue weighted by Crippen LogP contribution is 2.44. The second-order valence-electron chi connectivity index (χ2n) is 18.5. The highest BCUT2D eigenvalue weighted by molar-refractivity contribution is 6.74. The largest absolute Gasteiger partial charge is 0.455 e. The van der Waals surface area contributed by atoms with Gasteiger partial charge in [0.05, 0.1) is 0 Å². The van der Waals surface area contributed by atoms with Gasteiger partial charge in [0.1, 0.15) is 145 Å². The van der Waals surface area contributed by atoms with Crippen LogP contribution in [0.25, 0.3) is 87.6 Å². The quantitative estimate of drug-likeness (QED) is 0.130. The van der Waals surface area contributed by atoms with Crippen molar-refractivity contribution < 1.29 is 4.42 Å². The van der Waals surface area contributed by atoms with Gasteiger partial charge in [0.2, 0.25) is 0 Å². The molecule has 0 fully saturated rings. The minimum atomic E-state index is 0.926. The first-order chi connectivity index (χ1) is 28.4. The minimum absolute atomic E-state index is 0.926. The molecule has 0 spiro atoms. The molecular weight excluding hydrogens is 704 g/mol. The molecule has 0 bridgehead atoms. The van der Waals surface area contributed by atoms with Gasteiger partial charge in [-0.2, -0.15) is 0 Å². The highest BCUT2D eigenvalue weighted by Gasteiger charge is 2.30. The molecule has 0 unspecified atom stereocenters. The topological polar surface area (TPSA) is 13.1 Å². The molecule has 0 radical (unpaired) electrons. The zero-order chi connectivity index (χ0) is 43.1. The lowest BCUT2D eigenvalue weighted by atomic mass is 9.55. The van der Waals surface area contributed by atoms with Crippen molar-refractivity contribution in [2.24, 2.45) is 0 Å². The summed E-state index contributed by atoms with van der Waals surface area (Å²) in [6.45, 7) is 0. The van der Waals surface area contributed by atoms with Gasteiger partial charge in [0, 0.05) is 16.2 Å². The third-order valence-corrected chi connectivity index (χ3v) is 16.2. The number of rotatable bonds is 3. The predicted molar refractivity (Wildman–Crippen MR) is 322 cm³/mol. The van der Waals surface area contributed by atoms with Crippen LogP contribution in [0.2, 0.25) is 0 Å². The maximum Gasteiger partial charge on any atom is 0.143 e. The molecule has 0 atom stereocenters. The van der Waals surface area contributed by atoms with Crippen molar-refractivity contribution in [2.75, 3.05) is 0 Å². The van der Waals surface area contributed by atoms with Crippen LogP contribution in [0.1, 0.15) is 0 Å². The molecule has 0 saturated heterocycles. The number of fused-ring (bicyclic) bond motifs is 7. The average Bonchev–Trinajstić information content (AvgIpc) is 3.63. The molecule has 0 aliphatic heterocycles. The van der Waals surface area contributed by atoms with Gasteiger partial charge < -0.3 is 4.42 Å². The molecule has 1 heterocycles. The molecule has 1 aromatic heterocycles. The summed E-state index contributed by atoms with van der Waals surface area (Å²) < 4.78 is 6.71. The molecule has 268 valence electrons. The normalized spacial score (nSPS) is 11.8. The Labute approximate surface area is 370 Å². The van der Waals surface area contributed by atoms with Gasteiger partial charge in [-0.3, -0.25) is 0 Å². The van der Waals surface area contributed by atoms with Gasteiger partial charge in [-0.25, -0.2) is 0 Å². The van der Waals surface area contributed by atoms with Crippen molar-refractivity contribution >= 4 is 281 Å². The third-order valence-electron chi connectivity index (χ3n) is 16.2. The van der Waals surface area contributed by atoms with Crippen molar-refractivity contribution in [3.05, 3.63) is 54.6 Å². The van der Waals surface area contributed by atoms with Gasteiger partial charge in [-0.1, -0.05) is 80.1 Å². The molecule has 0 N–H and O–H groups in total. The second-order valence-corrected chi connectivity index (χ2v) is 18.5.